The Morgan fingerprint density at radius 3 is 1.16 bits per heavy atom. The molecule has 0 spiro atoms. The van der Waals surface area contributed by atoms with Crippen LogP contribution in [0.4, 0.5) is 0 Å². The molecular formula is C50H93NO4. The fourth-order valence-corrected chi connectivity index (χ4v) is 7.13. The lowest BCUT2D eigenvalue weighted by Crippen LogP contribution is -2.45. The summed E-state index contributed by atoms with van der Waals surface area (Å²) in [6.07, 6.45) is 58.4. The lowest BCUT2D eigenvalue weighted by atomic mass is 10.0. The standard InChI is InChI=1S/C50H93NO4/c1-3-5-7-9-11-13-15-17-19-21-22-23-24-25-26-28-30-32-34-36-38-40-42-44-49(54)48(46-52)51-50(55)45-47(53)43-41-39-37-35-33-31-29-27-20-18-16-14-12-10-8-6-4-2/h26-29,34,36,42,44,47-49,52-54H,3-25,30-33,35,37-41,43,45-46H2,1-2H3,(H,51,55)/b28-26+,29-27-,36-34+,44-42+. The molecule has 55 heavy (non-hydrogen) atoms. The molecule has 0 radical (unpaired) electrons. The zero-order valence-corrected chi connectivity index (χ0v) is 36.6. The molecular weight excluding hydrogens is 679 g/mol. The number of aliphatic hydroxyl groups excluding tert-OH is 3. The lowest BCUT2D eigenvalue weighted by molar-refractivity contribution is -0.124. The van der Waals surface area contributed by atoms with Gasteiger partial charge >= 0.3 is 0 Å². The van der Waals surface area contributed by atoms with Crippen LogP contribution < -0.4 is 5.32 Å². The van der Waals surface area contributed by atoms with Crippen molar-refractivity contribution in [3.63, 3.8) is 0 Å². The van der Waals surface area contributed by atoms with Gasteiger partial charge < -0.3 is 20.6 Å². The van der Waals surface area contributed by atoms with E-state index in [0.717, 1.165) is 51.4 Å². The predicted molar refractivity (Wildman–Crippen MR) is 241 cm³/mol. The Bertz CT molecular complexity index is 896. The Labute approximate surface area is 342 Å². The Morgan fingerprint density at radius 2 is 0.782 bits per heavy atom. The summed E-state index contributed by atoms with van der Waals surface area (Å²) in [7, 11) is 0. The molecule has 0 aliphatic heterocycles. The zero-order valence-electron chi connectivity index (χ0n) is 36.6. The molecule has 0 saturated heterocycles. The van der Waals surface area contributed by atoms with Gasteiger partial charge in [-0.3, -0.25) is 4.79 Å². The first kappa shape index (κ1) is 53.3. The number of carbonyl (C=O) groups excluding carboxylic acids is 1. The van der Waals surface area contributed by atoms with Crippen LogP contribution in [-0.2, 0) is 4.79 Å². The average molecular weight is 772 g/mol. The summed E-state index contributed by atoms with van der Waals surface area (Å²) in [5.74, 6) is -0.334. The van der Waals surface area contributed by atoms with Crippen molar-refractivity contribution in [3.05, 3.63) is 48.6 Å². The van der Waals surface area contributed by atoms with E-state index in [2.05, 4.69) is 55.6 Å². The fourth-order valence-electron chi connectivity index (χ4n) is 7.13. The van der Waals surface area contributed by atoms with Crippen molar-refractivity contribution in [1.29, 1.82) is 0 Å². The lowest BCUT2D eigenvalue weighted by Gasteiger charge is -2.20. The number of hydrogen-bond acceptors (Lipinski definition) is 4. The van der Waals surface area contributed by atoms with Crippen LogP contribution >= 0.6 is 0 Å². The number of aliphatic hydroxyl groups is 3. The predicted octanol–water partition coefficient (Wildman–Crippen LogP) is 14.1. The average Bonchev–Trinajstić information content (AvgIpc) is 3.18. The number of unbranched alkanes of at least 4 members (excludes halogenated alkanes) is 28. The van der Waals surface area contributed by atoms with Gasteiger partial charge in [-0.05, 0) is 70.6 Å². The maximum atomic E-state index is 12.4. The highest BCUT2D eigenvalue weighted by Gasteiger charge is 2.20. The molecule has 322 valence electrons. The molecule has 0 bridgehead atoms. The number of nitrogens with one attached hydrogen (secondary N) is 1. The van der Waals surface area contributed by atoms with E-state index in [1.807, 2.05) is 6.08 Å². The number of amides is 1. The van der Waals surface area contributed by atoms with E-state index >= 15 is 0 Å². The number of hydrogen-bond donors (Lipinski definition) is 4. The number of rotatable bonds is 43. The van der Waals surface area contributed by atoms with E-state index < -0.39 is 18.2 Å². The van der Waals surface area contributed by atoms with Crippen molar-refractivity contribution < 1.29 is 20.1 Å². The third-order valence-electron chi connectivity index (χ3n) is 10.8. The summed E-state index contributed by atoms with van der Waals surface area (Å²) in [6.45, 7) is 4.20. The highest BCUT2D eigenvalue weighted by atomic mass is 16.3. The number of allylic oxidation sites excluding steroid dienone is 7. The largest absolute Gasteiger partial charge is 0.394 e. The highest BCUT2D eigenvalue weighted by Crippen LogP contribution is 2.15. The van der Waals surface area contributed by atoms with Gasteiger partial charge in [0.05, 0.1) is 31.3 Å². The van der Waals surface area contributed by atoms with Crippen LogP contribution in [-0.4, -0.2) is 46.1 Å². The SMILES string of the molecule is CCCCCCCCCC/C=C\CCCCCCCC(O)CC(=O)NC(CO)C(O)/C=C/CC/C=C/CC/C=C/CCCCCCCCCCCCCCC. The first-order valence-corrected chi connectivity index (χ1v) is 23.9. The van der Waals surface area contributed by atoms with Gasteiger partial charge in [-0.2, -0.15) is 0 Å². The highest BCUT2D eigenvalue weighted by molar-refractivity contribution is 5.76. The molecule has 5 nitrogen and oxygen atoms in total. The fraction of sp³-hybridized carbons (Fsp3) is 0.820. The van der Waals surface area contributed by atoms with Crippen molar-refractivity contribution in [2.45, 2.75) is 257 Å². The first-order valence-electron chi connectivity index (χ1n) is 23.9. The Morgan fingerprint density at radius 1 is 0.455 bits per heavy atom. The van der Waals surface area contributed by atoms with Crippen molar-refractivity contribution in [1.82, 2.24) is 5.32 Å². The molecule has 0 aromatic carbocycles. The molecule has 0 aromatic rings. The Kier molecular flexibility index (Phi) is 43.6. The van der Waals surface area contributed by atoms with E-state index in [4.69, 9.17) is 0 Å². The summed E-state index contributed by atoms with van der Waals surface area (Å²) >= 11 is 0. The molecule has 4 N–H and O–H groups in total. The summed E-state index contributed by atoms with van der Waals surface area (Å²) in [6, 6.07) is -0.771. The smallest absolute Gasteiger partial charge is 0.222 e. The minimum absolute atomic E-state index is 0.00396. The summed E-state index contributed by atoms with van der Waals surface area (Å²) in [4.78, 5) is 12.4. The van der Waals surface area contributed by atoms with E-state index in [9.17, 15) is 20.1 Å². The van der Waals surface area contributed by atoms with Crippen molar-refractivity contribution in [3.8, 4) is 0 Å². The molecule has 3 unspecified atom stereocenters. The first-order chi connectivity index (χ1) is 27.0. The van der Waals surface area contributed by atoms with Crippen LogP contribution in [0.1, 0.15) is 239 Å². The van der Waals surface area contributed by atoms with Crippen LogP contribution in [0, 0.1) is 0 Å². The molecule has 0 saturated carbocycles. The van der Waals surface area contributed by atoms with E-state index in [-0.39, 0.29) is 18.9 Å². The molecule has 0 fully saturated rings. The minimum Gasteiger partial charge on any atom is -0.394 e. The number of carbonyl (C=O) groups is 1. The monoisotopic (exact) mass is 772 g/mol. The van der Waals surface area contributed by atoms with Gasteiger partial charge in [0.1, 0.15) is 0 Å². The molecule has 3 atom stereocenters. The van der Waals surface area contributed by atoms with Crippen molar-refractivity contribution in [2.75, 3.05) is 6.61 Å². The second-order valence-electron chi connectivity index (χ2n) is 16.3. The molecule has 0 aliphatic carbocycles. The third-order valence-corrected chi connectivity index (χ3v) is 10.8. The normalized spacial score (nSPS) is 13.9. The van der Waals surface area contributed by atoms with Crippen LogP contribution in [0.3, 0.4) is 0 Å². The summed E-state index contributed by atoms with van der Waals surface area (Å²) in [5.41, 5.74) is 0. The molecule has 5 heteroatoms. The summed E-state index contributed by atoms with van der Waals surface area (Å²) in [5, 5.41) is 33.3. The second-order valence-corrected chi connectivity index (χ2v) is 16.3. The molecule has 1 amide bonds. The van der Waals surface area contributed by atoms with E-state index in [1.54, 1.807) is 6.08 Å². The summed E-state index contributed by atoms with van der Waals surface area (Å²) < 4.78 is 0. The Hall–Kier alpha value is -1.69. The third kappa shape index (κ3) is 41.8. The van der Waals surface area contributed by atoms with Crippen LogP contribution in [0.25, 0.3) is 0 Å². The molecule has 0 aromatic heterocycles. The van der Waals surface area contributed by atoms with Crippen molar-refractivity contribution in [2.24, 2.45) is 0 Å². The van der Waals surface area contributed by atoms with Crippen LogP contribution in [0.15, 0.2) is 48.6 Å². The van der Waals surface area contributed by atoms with Gasteiger partial charge in [-0.1, -0.05) is 210 Å². The van der Waals surface area contributed by atoms with Gasteiger partial charge in [0.25, 0.3) is 0 Å². The zero-order chi connectivity index (χ0) is 40.1. The van der Waals surface area contributed by atoms with E-state index in [1.165, 1.54) is 161 Å². The maximum absolute atomic E-state index is 12.4. The maximum Gasteiger partial charge on any atom is 0.222 e. The molecule has 0 heterocycles. The van der Waals surface area contributed by atoms with E-state index in [0.29, 0.717) is 6.42 Å². The van der Waals surface area contributed by atoms with Crippen LogP contribution in [0.5, 0.6) is 0 Å². The van der Waals surface area contributed by atoms with Crippen molar-refractivity contribution >= 4 is 5.91 Å². The quantitative estimate of drug-likeness (QED) is 0.0367. The topological polar surface area (TPSA) is 89.8 Å². The van der Waals surface area contributed by atoms with Crippen LogP contribution in [0.2, 0.25) is 0 Å². The van der Waals surface area contributed by atoms with Gasteiger partial charge in [0.2, 0.25) is 5.91 Å². The molecule has 0 rings (SSSR count). The minimum atomic E-state index is -0.963. The molecule has 0 aliphatic rings. The van der Waals surface area contributed by atoms with Gasteiger partial charge in [-0.25, -0.2) is 0 Å². The Balaban J connectivity index is 3.73. The van der Waals surface area contributed by atoms with Gasteiger partial charge in [-0.15, -0.1) is 0 Å². The van der Waals surface area contributed by atoms with Gasteiger partial charge in [0.15, 0.2) is 0 Å². The van der Waals surface area contributed by atoms with Gasteiger partial charge in [0, 0.05) is 0 Å². The second kappa shape index (κ2) is 45.0.